The van der Waals surface area contributed by atoms with Gasteiger partial charge >= 0.3 is 37.2 Å². The molecule has 5 bridgehead atoms. The van der Waals surface area contributed by atoms with Crippen LogP contribution in [0.25, 0.3) is 0 Å². The number of esters is 4. The van der Waals surface area contributed by atoms with E-state index in [2.05, 4.69) is 21.3 Å². The van der Waals surface area contributed by atoms with E-state index in [9.17, 15) is 67.6 Å². The van der Waals surface area contributed by atoms with E-state index in [1.807, 2.05) is 0 Å². The lowest BCUT2D eigenvalue weighted by Crippen LogP contribution is -2.53. The zero-order valence-corrected chi connectivity index (χ0v) is 41.6. The normalized spacial score (nSPS) is 26.1. The lowest BCUT2D eigenvalue weighted by atomic mass is 9.78. The average molecular weight is 1030 g/mol. The third-order valence-corrected chi connectivity index (χ3v) is 13.2. The zero-order valence-electron chi connectivity index (χ0n) is 41.6. The third-order valence-electron chi connectivity index (χ3n) is 13.2. The molecule has 0 aromatic carbocycles. The molecule has 5 fully saturated rings. The molecule has 0 aromatic heterocycles. The lowest BCUT2D eigenvalue weighted by molar-refractivity contribution is -0.432. The van der Waals surface area contributed by atoms with Crippen LogP contribution in [0.1, 0.15) is 78.6 Å². The second kappa shape index (κ2) is 27.4. The molecule has 5 saturated heterocycles. The highest BCUT2D eigenvalue weighted by Gasteiger charge is 2.53. The summed E-state index contributed by atoms with van der Waals surface area (Å²) < 4.78 is 21.5. The van der Waals surface area contributed by atoms with E-state index in [1.165, 1.54) is 11.8 Å². The van der Waals surface area contributed by atoms with E-state index in [0.717, 1.165) is 0 Å². The Balaban J connectivity index is 1.01. The second-order valence-corrected chi connectivity index (χ2v) is 19.1. The number of fused-ring (bicyclic) bond motifs is 12. The molecule has 0 aromatic rings. The Bertz CT molecular complexity index is 2040. The van der Waals surface area contributed by atoms with Gasteiger partial charge in [0.15, 0.2) is 17.3 Å². The van der Waals surface area contributed by atoms with Gasteiger partial charge < -0.3 is 55.2 Å². The number of likely N-dealkylation sites (tertiary alicyclic amines) is 1. The Kier molecular flexibility index (Phi) is 21.7. The summed E-state index contributed by atoms with van der Waals surface area (Å²) in [6, 6.07) is -2.19. The number of carbonyl (C=O) groups excluding carboxylic acids is 12. The SMILES string of the molecule is CC(C)[C@H](CC(=O)CNC(=O)CCC(=O)CNC(=O)CCC(=O)CNC(=O)CC[C@@H]1C(=O)OC23OC(=O)CN4CCN(CCN1CCN(CC4)CC(=O)O2)CC(=O)O3)C(=O)N[C@H](C)C(=O)N1CCC[C@H]1B(O)O. The zero-order chi connectivity index (χ0) is 53.4. The van der Waals surface area contributed by atoms with Gasteiger partial charge in [-0.3, -0.25) is 77.1 Å². The number of nitrogens with one attached hydrogen (secondary N) is 4. The Morgan fingerprint density at radius 1 is 0.616 bits per heavy atom. The van der Waals surface area contributed by atoms with Crippen molar-refractivity contribution < 1.29 is 86.5 Å². The van der Waals surface area contributed by atoms with Gasteiger partial charge in [0.1, 0.15) is 12.1 Å². The van der Waals surface area contributed by atoms with E-state index in [4.69, 9.17) is 18.9 Å². The highest BCUT2D eigenvalue weighted by Crippen LogP contribution is 2.26. The van der Waals surface area contributed by atoms with Crippen molar-refractivity contribution in [2.45, 2.75) is 103 Å². The number of carbonyl (C=O) groups is 12. The quantitative estimate of drug-likeness (QED) is 0.0437. The van der Waals surface area contributed by atoms with E-state index in [1.54, 1.807) is 33.4 Å². The minimum atomic E-state index is -3.17. The number of hydrogen-bond donors (Lipinski definition) is 6. The molecule has 6 atom stereocenters. The number of Topliss-reactive ketones (excluding diaryl/α,β-unsaturated/α-hetero) is 3. The highest BCUT2D eigenvalue weighted by molar-refractivity contribution is 6.43. The first-order valence-corrected chi connectivity index (χ1v) is 24.7. The minimum Gasteiger partial charge on any atom is -0.426 e. The van der Waals surface area contributed by atoms with Crippen molar-refractivity contribution in [2.24, 2.45) is 11.8 Å². The molecular weight excluding hydrogens is 965 g/mol. The summed E-state index contributed by atoms with van der Waals surface area (Å²) in [5, 5.41) is 29.1. The second-order valence-electron chi connectivity index (χ2n) is 19.1. The highest BCUT2D eigenvalue weighted by atomic mass is 17.0. The number of rotatable bonds is 22. The molecule has 404 valence electrons. The molecular formula is C45H68BN9O18. The number of nitrogens with zero attached hydrogens (tertiary/aromatic N) is 5. The first-order chi connectivity index (χ1) is 34.6. The van der Waals surface area contributed by atoms with Crippen LogP contribution in [-0.4, -0.2) is 235 Å². The summed E-state index contributed by atoms with van der Waals surface area (Å²) in [7, 11) is -1.71. The molecule has 5 heterocycles. The molecule has 5 aliphatic rings. The fourth-order valence-corrected chi connectivity index (χ4v) is 8.93. The van der Waals surface area contributed by atoms with Gasteiger partial charge in [0, 0.05) is 103 Å². The molecule has 73 heavy (non-hydrogen) atoms. The molecule has 1 spiro atoms. The van der Waals surface area contributed by atoms with Crippen molar-refractivity contribution in [2.75, 3.05) is 98.2 Å². The summed E-state index contributed by atoms with van der Waals surface area (Å²) in [5.41, 5.74) is 0. The average Bonchev–Trinajstić information content (AvgIpc) is 3.81. The maximum absolute atomic E-state index is 14.0. The van der Waals surface area contributed by atoms with Crippen LogP contribution < -0.4 is 21.3 Å². The van der Waals surface area contributed by atoms with Gasteiger partial charge in [0.2, 0.25) is 29.5 Å². The predicted octanol–water partition coefficient (Wildman–Crippen LogP) is -5.03. The van der Waals surface area contributed by atoms with Gasteiger partial charge in [0.25, 0.3) is 0 Å². The molecule has 0 aliphatic carbocycles. The van der Waals surface area contributed by atoms with E-state index in [0.29, 0.717) is 45.6 Å². The smallest absolute Gasteiger partial charge is 0.426 e. The molecule has 5 aliphatic heterocycles. The van der Waals surface area contributed by atoms with E-state index >= 15 is 0 Å². The van der Waals surface area contributed by atoms with Crippen LogP contribution in [0.3, 0.4) is 0 Å². The lowest BCUT2D eigenvalue weighted by Gasteiger charge is -2.35. The van der Waals surface area contributed by atoms with Gasteiger partial charge in [-0.25, -0.2) is 0 Å². The van der Waals surface area contributed by atoms with Crippen molar-refractivity contribution in [3.05, 3.63) is 0 Å². The topological polar surface area (TPSA) is 347 Å². The number of ether oxygens (including phenoxy) is 4. The van der Waals surface area contributed by atoms with Gasteiger partial charge in [-0.1, -0.05) is 13.8 Å². The minimum absolute atomic E-state index is 0.181. The van der Waals surface area contributed by atoms with Gasteiger partial charge in [-0.15, -0.1) is 0 Å². The van der Waals surface area contributed by atoms with Crippen LogP contribution >= 0.6 is 0 Å². The summed E-state index contributed by atoms with van der Waals surface area (Å²) in [4.78, 5) is 164. The van der Waals surface area contributed by atoms with Crippen molar-refractivity contribution in [1.29, 1.82) is 0 Å². The van der Waals surface area contributed by atoms with E-state index < -0.39 is 128 Å². The molecule has 5 amide bonds. The summed E-state index contributed by atoms with van der Waals surface area (Å²) in [6.45, 7) is 5.43. The molecule has 0 radical (unpaired) electrons. The van der Waals surface area contributed by atoms with Crippen molar-refractivity contribution >= 4 is 77.9 Å². The number of amides is 5. The van der Waals surface area contributed by atoms with Crippen LogP contribution in [0, 0.1) is 11.8 Å². The van der Waals surface area contributed by atoms with Gasteiger partial charge in [-0.05, 0) is 32.1 Å². The number of ketones is 3. The van der Waals surface area contributed by atoms with Crippen LogP contribution in [0.15, 0.2) is 0 Å². The third kappa shape index (κ3) is 18.2. The summed E-state index contributed by atoms with van der Waals surface area (Å²) in [6.07, 6.45) is -4.11. The maximum atomic E-state index is 14.0. The van der Waals surface area contributed by atoms with Crippen LogP contribution in [0.2, 0.25) is 0 Å². The van der Waals surface area contributed by atoms with Gasteiger partial charge in [-0.2, -0.15) is 0 Å². The largest absolute Gasteiger partial charge is 0.619 e. The van der Waals surface area contributed by atoms with Crippen LogP contribution in [0.5, 0.6) is 0 Å². The molecule has 28 heteroatoms. The molecule has 27 nitrogen and oxygen atoms in total. The predicted molar refractivity (Wildman–Crippen MR) is 249 cm³/mol. The van der Waals surface area contributed by atoms with Gasteiger partial charge in [0.05, 0.1) is 45.2 Å². The summed E-state index contributed by atoms with van der Waals surface area (Å²) in [5.74, 6) is -10.4. The Morgan fingerprint density at radius 3 is 1.53 bits per heavy atom. The first kappa shape index (κ1) is 58.0. The van der Waals surface area contributed by atoms with Crippen LogP contribution in [0.4, 0.5) is 0 Å². The first-order valence-electron chi connectivity index (χ1n) is 24.7. The Morgan fingerprint density at radius 2 is 1.07 bits per heavy atom. The fraction of sp³-hybridized carbons (Fsp3) is 0.733. The summed E-state index contributed by atoms with van der Waals surface area (Å²) >= 11 is 0. The standard InChI is InChI=1S/C45H68BN9O18/c1-28(2)33(42(65)50-29(3)43(66)55-12-4-5-35(55)46(68)69)21-32(58)24-49-37(60)10-7-30(56)22-47-36(59)9-6-31(57)23-48-38(61)11-8-34-44(67)73-45-70-39(62)25-51-13-15-52(26-40(63)71-45)17-19-54(34)20-18-53(16-14-51)27-41(64)72-45/h28-29,33-35,68-69H,4-27H2,1-3H3,(H,47,59)(H,48,61)(H,49,60)(H,50,65)/t29-,33+,34-,35+/m1/s1. The molecule has 6 N–H and O–H groups in total. The Labute approximate surface area is 422 Å². The maximum Gasteiger partial charge on any atom is 0.619 e. The fourth-order valence-electron chi connectivity index (χ4n) is 8.93. The van der Waals surface area contributed by atoms with Crippen molar-refractivity contribution in [3.63, 3.8) is 0 Å². The molecule has 0 saturated carbocycles. The molecule has 5 rings (SSSR count). The van der Waals surface area contributed by atoms with E-state index in [-0.39, 0.29) is 96.7 Å². The number of hydrogen-bond acceptors (Lipinski definition) is 22. The molecule has 2 unspecified atom stereocenters. The van der Waals surface area contributed by atoms with Crippen molar-refractivity contribution in [3.8, 4) is 0 Å². The monoisotopic (exact) mass is 1030 g/mol. The van der Waals surface area contributed by atoms with Crippen molar-refractivity contribution in [1.82, 2.24) is 45.8 Å². The van der Waals surface area contributed by atoms with Crippen LogP contribution in [-0.2, 0) is 76.5 Å². The Hall–Kier alpha value is -5.94.